The van der Waals surface area contributed by atoms with E-state index < -0.39 is 0 Å². The molecule has 2 aromatic heterocycles. The normalized spacial score (nSPS) is 14.9. The van der Waals surface area contributed by atoms with Crippen molar-refractivity contribution in [2.45, 2.75) is 38.4 Å². The topological polar surface area (TPSA) is 29.9 Å². The van der Waals surface area contributed by atoms with E-state index in [-0.39, 0.29) is 0 Å². The second kappa shape index (κ2) is 5.36. The van der Waals surface area contributed by atoms with Crippen LogP contribution >= 0.6 is 0 Å². The molecule has 0 amide bonds. The summed E-state index contributed by atoms with van der Waals surface area (Å²) in [5.41, 5.74) is 2.73. The van der Waals surface area contributed by atoms with Gasteiger partial charge in [0.2, 0.25) is 0 Å². The van der Waals surface area contributed by atoms with Gasteiger partial charge in [0.05, 0.1) is 0 Å². The smallest absolute Gasteiger partial charge is 0.0361 e. The monoisotopic (exact) mass is 241 g/mol. The molecule has 0 bridgehead atoms. The molecule has 2 heterocycles. The van der Waals surface area contributed by atoms with E-state index in [0.29, 0.717) is 0 Å². The third kappa shape index (κ3) is 2.99. The highest BCUT2D eigenvalue weighted by atomic mass is 15.0. The van der Waals surface area contributed by atoms with Crippen molar-refractivity contribution in [2.75, 3.05) is 0 Å². The third-order valence-electron chi connectivity index (χ3n) is 3.46. The lowest BCUT2D eigenvalue weighted by Crippen LogP contribution is -2.18. The fourth-order valence-corrected chi connectivity index (χ4v) is 2.16. The summed E-state index contributed by atoms with van der Waals surface area (Å²) in [5.74, 6) is 0. The molecule has 0 aliphatic heterocycles. The fourth-order valence-electron chi connectivity index (χ4n) is 2.16. The zero-order valence-corrected chi connectivity index (χ0v) is 10.5. The first-order chi connectivity index (χ1) is 8.92. The van der Waals surface area contributed by atoms with Crippen molar-refractivity contribution in [3.8, 4) is 0 Å². The van der Waals surface area contributed by atoms with Gasteiger partial charge in [0, 0.05) is 43.4 Å². The molecular formula is C15H19N3. The number of nitrogens with zero attached hydrogens (tertiary/aromatic N) is 2. The number of rotatable bonds is 6. The molecule has 2 aromatic rings. The van der Waals surface area contributed by atoms with Gasteiger partial charge < -0.3 is 9.88 Å². The summed E-state index contributed by atoms with van der Waals surface area (Å²) in [7, 11) is 0. The number of hydrogen-bond acceptors (Lipinski definition) is 2. The summed E-state index contributed by atoms with van der Waals surface area (Å²) in [6.07, 6.45) is 9.65. The van der Waals surface area contributed by atoms with Gasteiger partial charge >= 0.3 is 0 Å². The summed E-state index contributed by atoms with van der Waals surface area (Å²) in [5, 5.41) is 3.57. The molecule has 94 valence electrons. The molecular weight excluding hydrogens is 222 g/mol. The minimum atomic E-state index is 0.772. The van der Waals surface area contributed by atoms with Gasteiger partial charge in [-0.3, -0.25) is 4.98 Å². The zero-order valence-electron chi connectivity index (χ0n) is 10.5. The van der Waals surface area contributed by atoms with Crippen LogP contribution in [0.3, 0.4) is 0 Å². The van der Waals surface area contributed by atoms with E-state index in [2.05, 4.69) is 45.3 Å². The Morgan fingerprint density at radius 1 is 1.22 bits per heavy atom. The molecule has 3 nitrogen and oxygen atoms in total. The molecule has 18 heavy (non-hydrogen) atoms. The first kappa shape index (κ1) is 11.5. The number of aromatic nitrogens is 2. The number of nitrogens with one attached hydrogen (secondary N) is 1. The molecule has 0 radical (unpaired) electrons. The summed E-state index contributed by atoms with van der Waals surface area (Å²) >= 11 is 0. The molecule has 1 aliphatic rings. The molecule has 1 fully saturated rings. The van der Waals surface area contributed by atoms with Crippen molar-refractivity contribution >= 4 is 0 Å². The molecule has 0 unspecified atom stereocenters. The average Bonchev–Trinajstić information content (AvgIpc) is 3.14. The zero-order chi connectivity index (χ0) is 12.2. The first-order valence-corrected chi connectivity index (χ1v) is 6.68. The minimum absolute atomic E-state index is 0.772. The fraction of sp³-hybridized carbons (Fsp3) is 0.400. The van der Waals surface area contributed by atoms with Gasteiger partial charge in [0.15, 0.2) is 0 Å². The highest BCUT2D eigenvalue weighted by molar-refractivity contribution is 5.12. The average molecular weight is 241 g/mol. The molecule has 0 saturated heterocycles. The van der Waals surface area contributed by atoms with Crippen molar-refractivity contribution in [1.29, 1.82) is 0 Å². The first-order valence-electron chi connectivity index (χ1n) is 6.68. The van der Waals surface area contributed by atoms with Crippen molar-refractivity contribution in [3.05, 3.63) is 54.1 Å². The summed E-state index contributed by atoms with van der Waals surface area (Å²) in [4.78, 5) is 4.05. The maximum absolute atomic E-state index is 4.05. The van der Waals surface area contributed by atoms with E-state index in [1.165, 1.54) is 24.1 Å². The Balaban J connectivity index is 1.56. The van der Waals surface area contributed by atoms with Crippen molar-refractivity contribution in [1.82, 2.24) is 14.9 Å². The number of aryl methyl sites for hydroxylation is 2. The summed E-state index contributed by atoms with van der Waals surface area (Å²) in [6, 6.07) is 9.30. The van der Waals surface area contributed by atoms with E-state index in [1.54, 1.807) is 0 Å². The largest absolute Gasteiger partial charge is 0.350 e. The highest BCUT2D eigenvalue weighted by Crippen LogP contribution is 2.19. The third-order valence-corrected chi connectivity index (χ3v) is 3.46. The van der Waals surface area contributed by atoms with Crippen molar-refractivity contribution < 1.29 is 0 Å². The van der Waals surface area contributed by atoms with Crippen LogP contribution in [0.5, 0.6) is 0 Å². The molecule has 0 spiro atoms. The predicted octanol–water partition coefficient (Wildman–Crippen LogP) is 2.38. The standard InChI is InChI=1S/C15H19N3/c1-2-15(12-17-14-3-4-14)18(10-1)11-7-13-5-8-16-9-6-13/h1-2,5-6,8-10,14,17H,3-4,7,11-12H2. The van der Waals surface area contributed by atoms with E-state index in [0.717, 1.165) is 25.6 Å². The van der Waals surface area contributed by atoms with Gasteiger partial charge in [0.1, 0.15) is 0 Å². The Labute approximate surface area is 108 Å². The Morgan fingerprint density at radius 3 is 2.83 bits per heavy atom. The molecule has 0 atom stereocenters. The van der Waals surface area contributed by atoms with E-state index in [4.69, 9.17) is 0 Å². The van der Waals surface area contributed by atoms with Gasteiger partial charge in [0.25, 0.3) is 0 Å². The van der Waals surface area contributed by atoms with Crippen molar-refractivity contribution in [2.24, 2.45) is 0 Å². The quantitative estimate of drug-likeness (QED) is 0.841. The molecule has 1 N–H and O–H groups in total. The van der Waals surface area contributed by atoms with Crippen LogP contribution < -0.4 is 5.32 Å². The van der Waals surface area contributed by atoms with Crippen LogP contribution in [0.15, 0.2) is 42.9 Å². The molecule has 1 aliphatic carbocycles. The van der Waals surface area contributed by atoms with Crippen LogP contribution in [0.25, 0.3) is 0 Å². The number of pyridine rings is 1. The lowest BCUT2D eigenvalue weighted by atomic mass is 10.2. The van der Waals surface area contributed by atoms with Crippen LogP contribution in [0, 0.1) is 0 Å². The maximum atomic E-state index is 4.05. The van der Waals surface area contributed by atoms with E-state index in [1.807, 2.05) is 12.4 Å². The van der Waals surface area contributed by atoms with Gasteiger partial charge in [-0.05, 0) is 49.1 Å². The van der Waals surface area contributed by atoms with Gasteiger partial charge in [-0.2, -0.15) is 0 Å². The van der Waals surface area contributed by atoms with Gasteiger partial charge in [-0.15, -0.1) is 0 Å². The Bertz CT molecular complexity index is 485. The second-order valence-electron chi connectivity index (χ2n) is 4.95. The maximum Gasteiger partial charge on any atom is 0.0361 e. The lowest BCUT2D eigenvalue weighted by Gasteiger charge is -2.10. The SMILES string of the molecule is c1cc(CNC2CC2)n(CCc2ccncc2)c1. The van der Waals surface area contributed by atoms with Crippen LogP contribution in [-0.2, 0) is 19.5 Å². The van der Waals surface area contributed by atoms with Crippen LogP contribution in [0.4, 0.5) is 0 Å². The van der Waals surface area contributed by atoms with E-state index in [9.17, 15) is 0 Å². The van der Waals surface area contributed by atoms with E-state index >= 15 is 0 Å². The summed E-state index contributed by atoms with van der Waals surface area (Å²) < 4.78 is 2.34. The molecule has 1 saturated carbocycles. The van der Waals surface area contributed by atoms with Crippen LogP contribution in [0.2, 0.25) is 0 Å². The van der Waals surface area contributed by atoms with Crippen molar-refractivity contribution in [3.63, 3.8) is 0 Å². The lowest BCUT2D eigenvalue weighted by molar-refractivity contribution is 0.607. The minimum Gasteiger partial charge on any atom is -0.350 e. The molecule has 3 rings (SSSR count). The van der Waals surface area contributed by atoms with Crippen LogP contribution in [-0.4, -0.2) is 15.6 Å². The Morgan fingerprint density at radius 2 is 2.06 bits per heavy atom. The second-order valence-corrected chi connectivity index (χ2v) is 4.95. The molecule has 0 aromatic carbocycles. The highest BCUT2D eigenvalue weighted by Gasteiger charge is 2.20. The molecule has 3 heteroatoms. The Hall–Kier alpha value is -1.61. The summed E-state index contributed by atoms with van der Waals surface area (Å²) in [6.45, 7) is 2.03. The van der Waals surface area contributed by atoms with Gasteiger partial charge in [-0.1, -0.05) is 0 Å². The number of hydrogen-bond donors (Lipinski definition) is 1. The Kier molecular flexibility index (Phi) is 3.42. The van der Waals surface area contributed by atoms with Crippen LogP contribution in [0.1, 0.15) is 24.1 Å². The van der Waals surface area contributed by atoms with Gasteiger partial charge in [-0.25, -0.2) is 0 Å². The predicted molar refractivity (Wildman–Crippen MR) is 72.2 cm³/mol.